The molecule has 0 aliphatic heterocycles. The summed E-state index contributed by atoms with van der Waals surface area (Å²) in [4.78, 5) is 21.3. The Morgan fingerprint density at radius 1 is 0.355 bits per heavy atom. The second kappa shape index (κ2) is 20.5. The summed E-state index contributed by atoms with van der Waals surface area (Å²) in [6.07, 6.45) is 0. The molecular weight excluding hydrogens is 885 g/mol. The zero-order valence-corrected chi connectivity index (χ0v) is 47.7. The number of nitrogens with zero attached hydrogens (tertiary/aromatic N) is 9. The van der Waals surface area contributed by atoms with Gasteiger partial charge < -0.3 is 37.2 Å². The van der Waals surface area contributed by atoms with Gasteiger partial charge in [0.05, 0.1) is 0 Å². The van der Waals surface area contributed by atoms with Crippen molar-refractivity contribution in [3.05, 3.63) is 55.5 Å². The predicted molar refractivity (Wildman–Crippen MR) is 267 cm³/mol. The molecule has 0 spiro atoms. The number of anilines is 9. The third-order valence-electron chi connectivity index (χ3n) is 13.1. The molecule has 0 N–H and O–H groups in total. The molecule has 62 heavy (non-hydrogen) atoms. The van der Waals surface area contributed by atoms with Gasteiger partial charge in [0.2, 0.25) is 0 Å². The summed E-state index contributed by atoms with van der Waals surface area (Å²) in [5.41, 5.74) is 19.4. The van der Waals surface area contributed by atoms with E-state index in [1.807, 2.05) is 0 Å². The molecule has 0 aromatic heterocycles. The molecule has 0 saturated carbocycles. The van der Waals surface area contributed by atoms with Crippen LogP contribution in [0.25, 0.3) is 0 Å². The molecule has 0 amide bonds. The van der Waals surface area contributed by atoms with Gasteiger partial charge in [-0.05, 0) is 0 Å². The monoisotopic (exact) mass is 961 g/mol. The quantitative estimate of drug-likeness (QED) is 0.138. The third-order valence-corrected chi connectivity index (χ3v) is 20.5. The second-order valence-electron chi connectivity index (χ2n) is 19.0. The van der Waals surface area contributed by atoms with Gasteiger partial charge in [-0.15, -0.1) is 0 Å². The fourth-order valence-electron chi connectivity index (χ4n) is 10.6. The molecule has 1 aliphatic rings. The summed E-state index contributed by atoms with van der Waals surface area (Å²) in [5.74, 6) is 0. The van der Waals surface area contributed by atoms with Crippen molar-refractivity contribution in [2.75, 3.05) is 171 Å². The Morgan fingerprint density at radius 3 is 0.726 bits per heavy atom. The van der Waals surface area contributed by atoms with E-state index in [0.717, 1.165) is 0 Å². The Bertz CT molecular complexity index is 1970. The fraction of sp³-hybridized carbons (Fsp3) is 0.542. The van der Waals surface area contributed by atoms with Crippen LogP contribution in [0.3, 0.4) is 0 Å². The predicted octanol–water partition coefficient (Wildman–Crippen LogP) is -2.38. The smallest absolute Gasteiger partial charge is 1.00 e. The maximum absolute atomic E-state index is 3.52. The van der Waals surface area contributed by atoms with Gasteiger partial charge in [-0.1, -0.05) is 0 Å². The van der Waals surface area contributed by atoms with Crippen LogP contribution >= 0.6 is 0 Å². The van der Waals surface area contributed by atoms with Crippen molar-refractivity contribution in [2.24, 2.45) is 0 Å². The number of benzene rings is 3. The van der Waals surface area contributed by atoms with E-state index in [4.69, 9.17) is 0 Å². The minimum Gasteiger partial charge on any atom is -1.00 e. The first-order valence-electron chi connectivity index (χ1n) is 20.8. The van der Waals surface area contributed by atoms with Crippen molar-refractivity contribution in [1.29, 1.82) is 0 Å². The van der Waals surface area contributed by atoms with Crippen molar-refractivity contribution in [2.45, 2.75) is 53.5 Å². The van der Waals surface area contributed by atoms with Crippen LogP contribution in [0.2, 0.25) is 5.04 Å². The zero-order chi connectivity index (χ0) is 45.3. The van der Waals surface area contributed by atoms with Crippen LogP contribution in [-0.4, -0.2) is 135 Å². The number of aryl methyl sites for hydroxylation is 3. The minimum absolute atomic E-state index is 0. The number of halogens is 3. The van der Waals surface area contributed by atoms with Crippen LogP contribution in [0, 0.1) is 20.8 Å². The first-order valence-corrected chi connectivity index (χ1v) is 23.6. The molecular formula is C48H78Cl3N9SiTi. The first kappa shape index (κ1) is 57.2. The Kier molecular flexibility index (Phi) is 18.9. The van der Waals surface area contributed by atoms with E-state index in [0.29, 0.717) is 0 Å². The van der Waals surface area contributed by atoms with E-state index in [1.54, 1.807) is 0 Å². The van der Waals surface area contributed by atoms with Gasteiger partial charge in [0.15, 0.2) is 0 Å². The summed E-state index contributed by atoms with van der Waals surface area (Å²) in [6, 6.07) is 7.85. The zero-order valence-electron chi connectivity index (χ0n) is 42.9. The molecule has 1 atom stereocenters. The van der Waals surface area contributed by atoms with Gasteiger partial charge in [-0.3, -0.25) is 0 Å². The number of hydrogen-bond donors (Lipinski definition) is 0. The Morgan fingerprint density at radius 2 is 0.565 bits per heavy atom. The standard InChI is InChI=1S/C48H78N9Si.3ClH.Ti/c1-30-26-36(42(52(14)15)45(55(20)21)39(30)49(8)9)58(48(7)29-33(4)34(5)35(48)6,37-27-31(2)40(50(10)11)46(56(22)23)43(37)53(16)17)38-28-32(3)41(51(12)13)47(57(24)25)44(38)54(18)19;;;;/h26-28H,1-25H3;3*1H;/q;;;;+3/p-3. The van der Waals surface area contributed by atoms with Crippen molar-refractivity contribution in [1.82, 2.24) is 0 Å². The maximum Gasteiger partial charge on any atom is -1.00 e. The van der Waals surface area contributed by atoms with E-state index in [1.165, 1.54) is 104 Å². The fourth-order valence-corrected chi connectivity index (χ4v) is 19.3. The largest absolute Gasteiger partial charge is 1.00 e. The summed E-state index contributed by atoms with van der Waals surface area (Å²) in [6.45, 7) is 16.8. The van der Waals surface area contributed by atoms with Crippen LogP contribution in [0.15, 0.2) is 38.8 Å². The van der Waals surface area contributed by atoms with Crippen molar-refractivity contribution < 1.29 is 57.7 Å². The van der Waals surface area contributed by atoms with Crippen LogP contribution in [-0.2, 0) is 20.4 Å². The molecule has 4 rings (SSSR count). The summed E-state index contributed by atoms with van der Waals surface area (Å²) in [5, 5.41) is 3.87. The summed E-state index contributed by atoms with van der Waals surface area (Å²) in [7, 11) is 36.5. The molecule has 3 aromatic rings. The van der Waals surface area contributed by atoms with E-state index < -0.39 is 13.1 Å². The average Bonchev–Trinajstić information content (AvgIpc) is 3.25. The molecule has 9 nitrogen and oxygen atoms in total. The van der Waals surface area contributed by atoms with E-state index in [9.17, 15) is 0 Å². The Hall–Kier alpha value is -2.86. The van der Waals surface area contributed by atoms with Gasteiger partial charge in [-0.2, -0.15) is 0 Å². The van der Waals surface area contributed by atoms with Crippen molar-refractivity contribution in [3.8, 4) is 0 Å². The van der Waals surface area contributed by atoms with E-state index >= 15 is 0 Å². The molecule has 0 bridgehead atoms. The second-order valence-corrected chi connectivity index (χ2v) is 23.9. The molecule has 344 valence electrons. The van der Waals surface area contributed by atoms with Crippen LogP contribution < -0.4 is 96.9 Å². The minimum atomic E-state index is -3.52. The summed E-state index contributed by atoms with van der Waals surface area (Å²) >= 11 is 2.45. The van der Waals surface area contributed by atoms with Gasteiger partial charge >= 0.3 is 375 Å². The molecule has 0 fully saturated rings. The Balaban J connectivity index is 0.00000641. The van der Waals surface area contributed by atoms with Crippen molar-refractivity contribution >= 4 is 74.8 Å². The van der Waals surface area contributed by atoms with Crippen LogP contribution in [0.1, 0.15) is 44.4 Å². The molecule has 0 saturated heterocycles. The SMILES string of the molecule is CC1=C(C)C(C)([Si](c2cc(C)c(N(C)C)c(N(C)C)c2N(C)C)(c2cc(C)c(N(C)C)c(N(C)C)c2N(C)C)c2cc(C)c(N(C)C)c(N(C)C)c2N(C)C)[C]([Ti+3])=C1C.[Cl-].[Cl-].[Cl-]. The van der Waals surface area contributed by atoms with Gasteiger partial charge in [0.25, 0.3) is 0 Å². The number of allylic oxidation sites excluding steroid dienone is 4. The topological polar surface area (TPSA) is 29.2 Å². The molecule has 3 aromatic carbocycles. The number of rotatable bonds is 13. The number of hydrogen-bond acceptors (Lipinski definition) is 9. The maximum atomic E-state index is 2.63. The van der Waals surface area contributed by atoms with E-state index in [-0.39, 0.29) is 37.2 Å². The van der Waals surface area contributed by atoms with Gasteiger partial charge in [0, 0.05) is 0 Å². The molecule has 0 heterocycles. The van der Waals surface area contributed by atoms with Crippen LogP contribution in [0.4, 0.5) is 51.2 Å². The summed E-state index contributed by atoms with van der Waals surface area (Å²) < 4.78 is 1.46. The van der Waals surface area contributed by atoms with Crippen LogP contribution in [0.5, 0.6) is 0 Å². The van der Waals surface area contributed by atoms with Gasteiger partial charge in [-0.25, -0.2) is 0 Å². The van der Waals surface area contributed by atoms with E-state index in [2.05, 4.69) is 258 Å². The Labute approximate surface area is 409 Å². The molecule has 14 heteroatoms. The average molecular weight is 964 g/mol. The van der Waals surface area contributed by atoms with Crippen molar-refractivity contribution in [3.63, 3.8) is 0 Å². The first-order chi connectivity index (χ1) is 27.1. The third kappa shape index (κ3) is 8.67. The normalized spacial score (nSPS) is 14.8. The molecule has 1 unspecified atom stereocenters. The molecule has 0 radical (unpaired) electrons. The molecule has 1 aliphatic carbocycles. The van der Waals surface area contributed by atoms with Gasteiger partial charge in [0.1, 0.15) is 0 Å².